The number of hydrogen-bond donors (Lipinski definition) is 0. The van der Waals surface area contributed by atoms with Gasteiger partial charge in [0.15, 0.2) is 5.78 Å². The lowest BCUT2D eigenvalue weighted by atomic mass is 9.87. The number of rotatable bonds is 4. The van der Waals surface area contributed by atoms with Crippen LogP contribution in [0.2, 0.25) is 0 Å². The second kappa shape index (κ2) is 6.45. The van der Waals surface area contributed by atoms with Gasteiger partial charge >= 0.3 is 0 Å². The number of allylic oxidation sites excluding steroid dienone is 2. The first-order valence-corrected chi connectivity index (χ1v) is 8.60. The van der Waals surface area contributed by atoms with Crippen LogP contribution in [-0.4, -0.2) is 5.78 Å². The third-order valence-corrected chi connectivity index (χ3v) is 4.86. The monoisotopic (exact) mass is 312 g/mol. The summed E-state index contributed by atoms with van der Waals surface area (Å²) in [4.78, 5) is 12.6. The summed E-state index contributed by atoms with van der Waals surface area (Å²) in [6, 6.07) is 22.8. The molecule has 4 rings (SSSR count). The molecule has 1 nitrogen and oxygen atoms in total. The van der Waals surface area contributed by atoms with Crippen LogP contribution in [0.4, 0.5) is 0 Å². The standard InChI is InChI=1S/C23H20O/c24-23(21-13-12-17-6-1-2-8-20(17)16-21)15-14-19-10-5-9-18-7-3-4-11-22(18)19/h1-4,6-8,10-13,16H,5,9,14-15H2. The maximum absolute atomic E-state index is 12.6. The van der Waals surface area contributed by atoms with E-state index >= 15 is 0 Å². The van der Waals surface area contributed by atoms with Crippen molar-refractivity contribution in [1.29, 1.82) is 0 Å². The molecule has 0 amide bonds. The van der Waals surface area contributed by atoms with Gasteiger partial charge in [0.1, 0.15) is 0 Å². The Morgan fingerprint density at radius 2 is 1.67 bits per heavy atom. The molecule has 0 spiro atoms. The summed E-state index contributed by atoms with van der Waals surface area (Å²) < 4.78 is 0. The van der Waals surface area contributed by atoms with Gasteiger partial charge in [-0.05, 0) is 52.8 Å². The van der Waals surface area contributed by atoms with Crippen molar-refractivity contribution in [2.24, 2.45) is 0 Å². The van der Waals surface area contributed by atoms with E-state index in [0.29, 0.717) is 6.42 Å². The summed E-state index contributed by atoms with van der Waals surface area (Å²) >= 11 is 0. The maximum atomic E-state index is 12.6. The molecule has 0 heterocycles. The first kappa shape index (κ1) is 14.9. The minimum absolute atomic E-state index is 0.227. The Bertz CT molecular complexity index is 933. The number of carbonyl (C=O) groups is 1. The van der Waals surface area contributed by atoms with Crippen molar-refractivity contribution >= 4 is 22.1 Å². The van der Waals surface area contributed by atoms with Crippen molar-refractivity contribution in [3.8, 4) is 0 Å². The third-order valence-electron chi connectivity index (χ3n) is 4.86. The van der Waals surface area contributed by atoms with E-state index < -0.39 is 0 Å². The molecule has 1 aliphatic rings. The van der Waals surface area contributed by atoms with Gasteiger partial charge in [0.25, 0.3) is 0 Å². The lowest BCUT2D eigenvalue weighted by molar-refractivity contribution is 0.0984. The topological polar surface area (TPSA) is 17.1 Å². The first-order valence-electron chi connectivity index (χ1n) is 8.60. The zero-order chi connectivity index (χ0) is 16.4. The summed E-state index contributed by atoms with van der Waals surface area (Å²) in [5.74, 6) is 0.227. The summed E-state index contributed by atoms with van der Waals surface area (Å²) in [7, 11) is 0. The minimum atomic E-state index is 0.227. The largest absolute Gasteiger partial charge is 0.294 e. The van der Waals surface area contributed by atoms with Crippen LogP contribution in [0.5, 0.6) is 0 Å². The minimum Gasteiger partial charge on any atom is -0.294 e. The summed E-state index contributed by atoms with van der Waals surface area (Å²) in [5, 5.41) is 2.31. The lowest BCUT2D eigenvalue weighted by Gasteiger charge is -2.17. The lowest BCUT2D eigenvalue weighted by Crippen LogP contribution is -2.03. The zero-order valence-electron chi connectivity index (χ0n) is 13.7. The van der Waals surface area contributed by atoms with Crippen molar-refractivity contribution in [2.75, 3.05) is 0 Å². The molecular formula is C23H20O. The van der Waals surface area contributed by atoms with Gasteiger partial charge in [0.05, 0.1) is 0 Å². The summed E-state index contributed by atoms with van der Waals surface area (Å²) in [5.41, 5.74) is 4.88. The molecule has 0 aliphatic heterocycles. The molecule has 3 aromatic carbocycles. The molecule has 0 saturated carbocycles. The number of benzene rings is 3. The van der Waals surface area contributed by atoms with Gasteiger partial charge in [-0.3, -0.25) is 4.79 Å². The van der Waals surface area contributed by atoms with E-state index in [1.807, 2.05) is 30.3 Å². The Hall–Kier alpha value is -2.67. The number of ketones is 1. The molecule has 0 atom stereocenters. The van der Waals surface area contributed by atoms with E-state index in [4.69, 9.17) is 0 Å². The van der Waals surface area contributed by atoms with Gasteiger partial charge in [0.2, 0.25) is 0 Å². The van der Waals surface area contributed by atoms with Crippen LogP contribution in [0.1, 0.15) is 40.7 Å². The maximum Gasteiger partial charge on any atom is 0.163 e. The molecule has 0 unspecified atom stereocenters. The summed E-state index contributed by atoms with van der Waals surface area (Å²) in [6.07, 6.45) is 5.88. The third kappa shape index (κ3) is 2.90. The average Bonchev–Trinajstić information content (AvgIpc) is 2.65. The molecule has 0 N–H and O–H groups in total. The van der Waals surface area contributed by atoms with Crippen LogP contribution in [0.25, 0.3) is 16.3 Å². The molecule has 24 heavy (non-hydrogen) atoms. The number of carbonyl (C=O) groups excluding carboxylic acids is 1. The normalized spacial score (nSPS) is 13.4. The molecular weight excluding hydrogens is 292 g/mol. The van der Waals surface area contributed by atoms with Crippen LogP contribution < -0.4 is 0 Å². The predicted octanol–water partition coefficient (Wildman–Crippen LogP) is 5.83. The van der Waals surface area contributed by atoms with Gasteiger partial charge < -0.3 is 0 Å². The molecule has 1 aliphatic carbocycles. The SMILES string of the molecule is O=C(CCC1=CCCc2ccccc21)c1ccc2ccccc2c1. The van der Waals surface area contributed by atoms with Crippen molar-refractivity contribution in [2.45, 2.75) is 25.7 Å². The highest BCUT2D eigenvalue weighted by atomic mass is 16.1. The van der Waals surface area contributed by atoms with Gasteiger partial charge in [-0.2, -0.15) is 0 Å². The average molecular weight is 312 g/mol. The molecule has 0 fully saturated rings. The van der Waals surface area contributed by atoms with E-state index in [1.54, 1.807) is 0 Å². The fourth-order valence-electron chi connectivity index (χ4n) is 3.56. The fourth-order valence-corrected chi connectivity index (χ4v) is 3.56. The molecule has 3 aromatic rings. The fraction of sp³-hybridized carbons (Fsp3) is 0.174. The Morgan fingerprint density at radius 3 is 2.58 bits per heavy atom. The van der Waals surface area contributed by atoms with Gasteiger partial charge in [-0.15, -0.1) is 0 Å². The zero-order valence-corrected chi connectivity index (χ0v) is 13.7. The van der Waals surface area contributed by atoms with Crippen LogP contribution in [0.3, 0.4) is 0 Å². The molecule has 0 saturated heterocycles. The smallest absolute Gasteiger partial charge is 0.163 e. The second-order valence-corrected chi connectivity index (χ2v) is 6.41. The molecule has 0 bridgehead atoms. The first-order chi connectivity index (χ1) is 11.8. The van der Waals surface area contributed by atoms with E-state index in [-0.39, 0.29) is 5.78 Å². The van der Waals surface area contributed by atoms with Crippen LogP contribution in [0.15, 0.2) is 72.8 Å². The Kier molecular flexibility index (Phi) is 4.00. The highest BCUT2D eigenvalue weighted by Crippen LogP contribution is 2.30. The van der Waals surface area contributed by atoms with Crippen molar-refractivity contribution in [3.63, 3.8) is 0 Å². The number of aryl methyl sites for hydroxylation is 1. The molecule has 0 aromatic heterocycles. The Labute approximate surface area is 142 Å². The van der Waals surface area contributed by atoms with Gasteiger partial charge in [-0.25, -0.2) is 0 Å². The van der Waals surface area contributed by atoms with Crippen molar-refractivity contribution in [3.05, 3.63) is 89.5 Å². The van der Waals surface area contributed by atoms with Crippen LogP contribution in [0, 0.1) is 0 Å². The highest BCUT2D eigenvalue weighted by molar-refractivity contribution is 6.00. The van der Waals surface area contributed by atoms with Crippen molar-refractivity contribution in [1.82, 2.24) is 0 Å². The van der Waals surface area contributed by atoms with E-state index in [0.717, 1.165) is 30.2 Å². The quantitative estimate of drug-likeness (QED) is 0.554. The van der Waals surface area contributed by atoms with Gasteiger partial charge in [-0.1, -0.05) is 66.7 Å². The molecule has 0 radical (unpaired) electrons. The van der Waals surface area contributed by atoms with E-state index in [2.05, 4.69) is 42.5 Å². The Morgan fingerprint density at radius 1 is 0.875 bits per heavy atom. The highest BCUT2D eigenvalue weighted by Gasteiger charge is 2.14. The van der Waals surface area contributed by atoms with Crippen LogP contribution >= 0.6 is 0 Å². The number of fused-ring (bicyclic) bond motifs is 2. The van der Waals surface area contributed by atoms with Gasteiger partial charge in [0, 0.05) is 12.0 Å². The summed E-state index contributed by atoms with van der Waals surface area (Å²) in [6.45, 7) is 0. The molecule has 118 valence electrons. The number of Topliss-reactive ketones (excluding diaryl/α,β-unsaturated/α-hetero) is 1. The Balaban J connectivity index is 1.51. The number of hydrogen-bond acceptors (Lipinski definition) is 1. The molecule has 1 heteroatoms. The predicted molar refractivity (Wildman–Crippen MR) is 100 cm³/mol. The van der Waals surface area contributed by atoms with Crippen molar-refractivity contribution < 1.29 is 4.79 Å². The van der Waals surface area contributed by atoms with E-state index in [1.165, 1.54) is 22.1 Å². The second-order valence-electron chi connectivity index (χ2n) is 6.41. The van der Waals surface area contributed by atoms with Crippen LogP contribution in [-0.2, 0) is 6.42 Å². The van der Waals surface area contributed by atoms with E-state index in [9.17, 15) is 4.79 Å².